The fourth-order valence-corrected chi connectivity index (χ4v) is 1.41. The van der Waals surface area contributed by atoms with E-state index in [1.54, 1.807) is 6.92 Å². The maximum absolute atomic E-state index is 9.18. The van der Waals surface area contributed by atoms with Crippen LogP contribution in [0.4, 0.5) is 0 Å². The van der Waals surface area contributed by atoms with Crippen LogP contribution in [-0.2, 0) is 9.53 Å². The molecule has 0 atom stereocenters. The lowest BCUT2D eigenvalue weighted by atomic mass is 9.88. The van der Waals surface area contributed by atoms with E-state index >= 15 is 0 Å². The molecule has 1 N–H and O–H groups in total. The van der Waals surface area contributed by atoms with Crippen molar-refractivity contribution in [1.82, 2.24) is 0 Å². The highest BCUT2D eigenvalue weighted by Crippen LogP contribution is 2.24. The molecule has 0 bridgehead atoms. The molecule has 0 spiro atoms. The Kier molecular flexibility index (Phi) is 8.24. The summed E-state index contributed by atoms with van der Waals surface area (Å²) in [6.45, 7) is 6.39. The Hall–Kier alpha value is -0.830. The van der Waals surface area contributed by atoms with E-state index in [4.69, 9.17) is 5.11 Å². The van der Waals surface area contributed by atoms with Crippen LogP contribution in [0.3, 0.4) is 0 Å². The molecule has 0 amide bonds. The van der Waals surface area contributed by atoms with Gasteiger partial charge in [0.05, 0.1) is 12.7 Å². The normalized spacial score (nSPS) is 25.6. The molecule has 1 aliphatic rings. The predicted molar refractivity (Wildman–Crippen MR) is 55.9 cm³/mol. The second-order valence-electron chi connectivity index (χ2n) is 3.36. The van der Waals surface area contributed by atoms with Crippen LogP contribution in [0.25, 0.3) is 0 Å². The molecule has 0 radical (unpaired) electrons. The van der Waals surface area contributed by atoms with E-state index in [1.165, 1.54) is 0 Å². The SMILES string of the molecule is C=CC1CCC(O)CC1.CCOC=O. The topological polar surface area (TPSA) is 46.5 Å². The summed E-state index contributed by atoms with van der Waals surface area (Å²) in [6, 6.07) is 0. The minimum Gasteiger partial charge on any atom is -0.468 e. The van der Waals surface area contributed by atoms with Gasteiger partial charge in [-0.15, -0.1) is 6.58 Å². The maximum atomic E-state index is 9.18. The summed E-state index contributed by atoms with van der Waals surface area (Å²) < 4.78 is 4.15. The molecular formula is C11H20O3. The summed E-state index contributed by atoms with van der Waals surface area (Å²) in [7, 11) is 0. The monoisotopic (exact) mass is 200 g/mol. The van der Waals surface area contributed by atoms with Gasteiger partial charge in [0, 0.05) is 0 Å². The standard InChI is InChI=1S/C8H14O.C3H6O2/c1-2-7-3-5-8(9)6-4-7;1-2-5-3-4/h2,7-9H,1,3-6H2;3H,2H2,1H3. The number of ether oxygens (including phenoxy) is 1. The summed E-state index contributed by atoms with van der Waals surface area (Å²) in [4.78, 5) is 9.18. The highest BCUT2D eigenvalue weighted by molar-refractivity contribution is 5.36. The van der Waals surface area contributed by atoms with Crippen molar-refractivity contribution in [2.24, 2.45) is 5.92 Å². The average Bonchev–Trinajstić information content (AvgIpc) is 2.21. The zero-order chi connectivity index (χ0) is 10.8. The van der Waals surface area contributed by atoms with Gasteiger partial charge in [0.2, 0.25) is 0 Å². The van der Waals surface area contributed by atoms with Crippen molar-refractivity contribution in [2.45, 2.75) is 38.7 Å². The summed E-state index contributed by atoms with van der Waals surface area (Å²) in [6.07, 6.45) is 6.18. The first-order chi connectivity index (χ1) is 6.74. The van der Waals surface area contributed by atoms with Gasteiger partial charge in [0.25, 0.3) is 6.47 Å². The van der Waals surface area contributed by atoms with Crippen molar-refractivity contribution in [1.29, 1.82) is 0 Å². The van der Waals surface area contributed by atoms with Crippen LogP contribution in [0.2, 0.25) is 0 Å². The van der Waals surface area contributed by atoms with E-state index in [2.05, 4.69) is 11.3 Å². The van der Waals surface area contributed by atoms with E-state index in [9.17, 15) is 4.79 Å². The Bertz CT molecular complexity index is 149. The molecule has 0 aromatic carbocycles. The lowest BCUT2D eigenvalue weighted by molar-refractivity contribution is -0.128. The van der Waals surface area contributed by atoms with Crippen LogP contribution in [0.5, 0.6) is 0 Å². The van der Waals surface area contributed by atoms with Crippen molar-refractivity contribution in [3.8, 4) is 0 Å². The van der Waals surface area contributed by atoms with Gasteiger partial charge < -0.3 is 9.84 Å². The molecule has 0 unspecified atom stereocenters. The third-order valence-corrected chi connectivity index (χ3v) is 2.31. The number of aliphatic hydroxyl groups excluding tert-OH is 1. The zero-order valence-corrected chi connectivity index (χ0v) is 8.82. The smallest absolute Gasteiger partial charge is 0.293 e. The van der Waals surface area contributed by atoms with Crippen LogP contribution in [-0.4, -0.2) is 24.3 Å². The zero-order valence-electron chi connectivity index (χ0n) is 8.82. The summed E-state index contributed by atoms with van der Waals surface area (Å²) in [5.41, 5.74) is 0. The Labute approximate surface area is 85.8 Å². The molecule has 0 aliphatic heterocycles. The molecule has 1 saturated carbocycles. The van der Waals surface area contributed by atoms with Crippen molar-refractivity contribution in [2.75, 3.05) is 6.61 Å². The quantitative estimate of drug-likeness (QED) is 0.559. The van der Waals surface area contributed by atoms with Gasteiger partial charge in [0.15, 0.2) is 0 Å². The third-order valence-electron chi connectivity index (χ3n) is 2.31. The first kappa shape index (κ1) is 13.2. The first-order valence-electron chi connectivity index (χ1n) is 5.10. The Balaban J connectivity index is 0.000000292. The fourth-order valence-electron chi connectivity index (χ4n) is 1.41. The predicted octanol–water partition coefficient (Wildman–Crippen LogP) is 1.90. The Morgan fingerprint density at radius 3 is 2.29 bits per heavy atom. The molecule has 0 aromatic rings. The molecule has 3 heteroatoms. The van der Waals surface area contributed by atoms with Crippen LogP contribution in [0, 0.1) is 5.92 Å². The molecule has 3 nitrogen and oxygen atoms in total. The van der Waals surface area contributed by atoms with Crippen LogP contribution in [0.1, 0.15) is 32.6 Å². The van der Waals surface area contributed by atoms with Crippen LogP contribution in [0.15, 0.2) is 12.7 Å². The molecule has 0 aromatic heterocycles. The fraction of sp³-hybridized carbons (Fsp3) is 0.727. The number of aliphatic hydroxyl groups is 1. The largest absolute Gasteiger partial charge is 0.468 e. The van der Waals surface area contributed by atoms with Crippen molar-refractivity contribution in [3.05, 3.63) is 12.7 Å². The van der Waals surface area contributed by atoms with Gasteiger partial charge in [0.1, 0.15) is 0 Å². The molecule has 82 valence electrons. The van der Waals surface area contributed by atoms with E-state index in [0.717, 1.165) is 25.7 Å². The Morgan fingerprint density at radius 2 is 2.00 bits per heavy atom. The molecular weight excluding hydrogens is 180 g/mol. The van der Waals surface area contributed by atoms with E-state index in [-0.39, 0.29) is 6.10 Å². The highest BCUT2D eigenvalue weighted by atomic mass is 16.5. The summed E-state index contributed by atoms with van der Waals surface area (Å²) in [5.74, 6) is 0.674. The summed E-state index contributed by atoms with van der Waals surface area (Å²) in [5, 5.41) is 9.09. The third kappa shape index (κ3) is 6.66. The van der Waals surface area contributed by atoms with Gasteiger partial charge >= 0.3 is 0 Å². The van der Waals surface area contributed by atoms with Gasteiger partial charge in [-0.25, -0.2) is 0 Å². The Morgan fingerprint density at radius 1 is 1.43 bits per heavy atom. The second kappa shape index (κ2) is 8.75. The summed E-state index contributed by atoms with van der Waals surface area (Å²) >= 11 is 0. The van der Waals surface area contributed by atoms with Gasteiger partial charge in [-0.2, -0.15) is 0 Å². The molecule has 1 rings (SSSR count). The molecule has 1 aliphatic carbocycles. The maximum Gasteiger partial charge on any atom is 0.293 e. The molecule has 1 fully saturated rings. The average molecular weight is 200 g/mol. The lowest BCUT2D eigenvalue weighted by Gasteiger charge is -2.22. The van der Waals surface area contributed by atoms with E-state index < -0.39 is 0 Å². The lowest BCUT2D eigenvalue weighted by Crippen LogP contribution is -2.16. The molecule has 0 heterocycles. The first-order valence-corrected chi connectivity index (χ1v) is 5.10. The van der Waals surface area contributed by atoms with E-state index in [0.29, 0.717) is 19.0 Å². The number of carbonyl (C=O) groups is 1. The van der Waals surface area contributed by atoms with E-state index in [1.807, 2.05) is 6.08 Å². The van der Waals surface area contributed by atoms with Crippen LogP contribution >= 0.6 is 0 Å². The van der Waals surface area contributed by atoms with Crippen molar-refractivity contribution >= 4 is 6.47 Å². The number of carbonyl (C=O) groups excluding carboxylic acids is 1. The second-order valence-corrected chi connectivity index (χ2v) is 3.36. The van der Waals surface area contributed by atoms with Gasteiger partial charge in [-0.3, -0.25) is 4.79 Å². The van der Waals surface area contributed by atoms with Crippen molar-refractivity contribution in [3.63, 3.8) is 0 Å². The van der Waals surface area contributed by atoms with Crippen molar-refractivity contribution < 1.29 is 14.6 Å². The van der Waals surface area contributed by atoms with Gasteiger partial charge in [-0.05, 0) is 38.5 Å². The minimum atomic E-state index is -0.0267. The minimum absolute atomic E-state index is 0.0267. The molecule has 0 saturated heterocycles. The van der Waals surface area contributed by atoms with Gasteiger partial charge in [-0.1, -0.05) is 6.08 Å². The number of allylic oxidation sites excluding steroid dienone is 1. The van der Waals surface area contributed by atoms with Crippen LogP contribution < -0.4 is 0 Å². The number of rotatable bonds is 3. The molecule has 14 heavy (non-hydrogen) atoms. The number of hydrogen-bond acceptors (Lipinski definition) is 3. The highest BCUT2D eigenvalue weighted by Gasteiger charge is 2.15. The number of hydrogen-bond donors (Lipinski definition) is 1.